The zero-order valence-corrected chi connectivity index (χ0v) is 13.5. The van der Waals surface area contributed by atoms with Crippen molar-refractivity contribution in [3.05, 3.63) is 12.4 Å². The number of hydrogen-bond donors (Lipinski definition) is 7. The van der Waals surface area contributed by atoms with E-state index in [2.05, 4.69) is 15.0 Å². The third-order valence-corrected chi connectivity index (χ3v) is 6.40. The second kappa shape index (κ2) is 6.28. The van der Waals surface area contributed by atoms with Crippen LogP contribution in [0.4, 0.5) is 4.39 Å². The van der Waals surface area contributed by atoms with Crippen molar-refractivity contribution in [3.8, 4) is 5.88 Å². The predicted molar refractivity (Wildman–Crippen MR) is 80.1 cm³/mol. The average molecular weight is 384 g/mol. The fraction of sp³-hybridized carbons (Fsp3) is 0.500. The molecule has 0 aromatic carbocycles. The molecular formula is C10H14FN4O7PS. The number of thiol groups is 1. The molecule has 4 atom stereocenters. The number of ether oxygens (including phenoxy) is 1. The molecule has 1 aliphatic rings. The maximum absolute atomic E-state index is 13.3. The van der Waals surface area contributed by atoms with Crippen molar-refractivity contribution >= 4 is 28.8 Å². The molecule has 1 saturated heterocycles. The standard InChI is InChI=1S/C10H14FN4O7PS/c11-10-13-7-4(8(18)14-10)12-2-15(7)9-5(17)6(3(1-16)22-9)24-23(19,20)21/h2-3,5-6,9,16-17,19-21,24H,1H2,(H,13,14,18)/t3-,5+,6-,9-/m1/s1. The van der Waals surface area contributed by atoms with Gasteiger partial charge in [-0.1, -0.05) is 0 Å². The number of nitrogens with zero attached hydrogens (tertiary/aromatic N) is 4. The summed E-state index contributed by atoms with van der Waals surface area (Å²) in [5.41, 5.74) is -0.279. The molecule has 2 aromatic heterocycles. The van der Waals surface area contributed by atoms with Gasteiger partial charge in [0.15, 0.2) is 17.4 Å². The third kappa shape index (κ3) is 3.17. The van der Waals surface area contributed by atoms with E-state index in [9.17, 15) is 34.4 Å². The largest absolute Gasteiger partial charge is 0.492 e. The van der Waals surface area contributed by atoms with Gasteiger partial charge in [0.1, 0.15) is 6.10 Å². The molecule has 1 fully saturated rings. The van der Waals surface area contributed by atoms with Gasteiger partial charge in [0.05, 0.1) is 24.3 Å². The highest BCUT2D eigenvalue weighted by molar-refractivity contribution is 8.16. The lowest BCUT2D eigenvalue weighted by Crippen LogP contribution is -2.33. The van der Waals surface area contributed by atoms with Crippen LogP contribution >= 0.6 is 6.72 Å². The fourth-order valence-electron chi connectivity index (χ4n) is 2.49. The zero-order chi connectivity index (χ0) is 17.6. The van der Waals surface area contributed by atoms with Gasteiger partial charge in [-0.3, -0.25) is 4.57 Å². The third-order valence-electron chi connectivity index (χ3n) is 3.46. The summed E-state index contributed by atoms with van der Waals surface area (Å²) in [5.74, 6) is -0.692. The Labute approximate surface area is 136 Å². The van der Waals surface area contributed by atoms with Crippen LogP contribution in [0.5, 0.6) is 5.88 Å². The Hall–Kier alpha value is -1.18. The summed E-state index contributed by atoms with van der Waals surface area (Å²) in [5, 5.41) is 28.3. The van der Waals surface area contributed by atoms with E-state index >= 15 is 0 Å². The van der Waals surface area contributed by atoms with Crippen molar-refractivity contribution in [2.24, 2.45) is 0 Å². The number of aromatic nitrogens is 4. The van der Waals surface area contributed by atoms with Gasteiger partial charge in [-0.05, 0) is 0 Å². The Bertz CT molecular complexity index is 821. The minimum absolute atomic E-state index is 0.123. The maximum atomic E-state index is 13.3. The van der Waals surface area contributed by atoms with E-state index < -0.39 is 49.0 Å². The quantitative estimate of drug-likeness (QED) is 0.174. The van der Waals surface area contributed by atoms with Gasteiger partial charge in [-0.2, -0.15) is 14.4 Å². The molecule has 0 saturated carbocycles. The van der Waals surface area contributed by atoms with Crippen LogP contribution in [-0.2, 0) is 15.7 Å². The number of aliphatic hydroxyl groups is 2. The fourth-order valence-corrected chi connectivity index (χ4v) is 5.38. The van der Waals surface area contributed by atoms with E-state index in [-0.39, 0.29) is 22.1 Å². The zero-order valence-electron chi connectivity index (χ0n) is 11.7. The Morgan fingerprint density at radius 3 is 2.67 bits per heavy atom. The Kier molecular flexibility index (Phi) is 4.61. The van der Waals surface area contributed by atoms with Crippen molar-refractivity contribution in [2.75, 3.05) is 6.61 Å². The van der Waals surface area contributed by atoms with Crippen LogP contribution in [0.25, 0.3) is 11.2 Å². The molecule has 2 aromatic rings. The number of aliphatic hydroxyl groups excluding tert-OH is 2. The molecule has 1 aliphatic heterocycles. The molecular weight excluding hydrogens is 370 g/mol. The van der Waals surface area contributed by atoms with Crippen LogP contribution in [0.2, 0.25) is 0 Å². The number of fused-ring (bicyclic) bond motifs is 1. The lowest BCUT2D eigenvalue weighted by molar-refractivity contribution is -0.0486. The molecule has 0 unspecified atom stereocenters. The van der Waals surface area contributed by atoms with Crippen LogP contribution in [0.1, 0.15) is 6.23 Å². The van der Waals surface area contributed by atoms with Crippen molar-refractivity contribution < 1.29 is 39.1 Å². The van der Waals surface area contributed by atoms with E-state index in [4.69, 9.17) is 4.74 Å². The van der Waals surface area contributed by atoms with Crippen molar-refractivity contribution in [1.29, 1.82) is 0 Å². The van der Waals surface area contributed by atoms with E-state index in [1.54, 1.807) is 0 Å². The SMILES string of the molecule is OC[C@H]1O[C@@H](n2cnc3c(O)nc(F)nc32)[C@@H](O)[C@@H]1[SH]=P(O)(O)O. The van der Waals surface area contributed by atoms with Crippen LogP contribution < -0.4 is 0 Å². The van der Waals surface area contributed by atoms with Gasteiger partial charge in [0.2, 0.25) is 5.88 Å². The number of rotatable bonds is 3. The smallest absolute Gasteiger partial charge is 0.314 e. The summed E-state index contributed by atoms with van der Waals surface area (Å²) in [6.45, 7) is -4.81. The number of imidazole rings is 1. The van der Waals surface area contributed by atoms with E-state index in [0.717, 1.165) is 10.9 Å². The highest BCUT2D eigenvalue weighted by Gasteiger charge is 2.45. The Balaban J connectivity index is 2.05. The van der Waals surface area contributed by atoms with Crippen LogP contribution in [-0.4, -0.2) is 73.6 Å². The number of halogens is 1. The van der Waals surface area contributed by atoms with Crippen molar-refractivity contribution in [2.45, 2.75) is 23.7 Å². The molecule has 134 valence electrons. The van der Waals surface area contributed by atoms with Crippen molar-refractivity contribution in [1.82, 2.24) is 19.5 Å². The van der Waals surface area contributed by atoms with Gasteiger partial charge in [-0.15, -0.1) is 10.9 Å². The first-order valence-electron chi connectivity index (χ1n) is 6.54. The van der Waals surface area contributed by atoms with E-state index in [0.29, 0.717) is 0 Å². The molecule has 11 nitrogen and oxygen atoms in total. The van der Waals surface area contributed by atoms with Gasteiger partial charge in [-0.25, -0.2) is 4.98 Å². The number of aromatic hydroxyl groups is 1. The summed E-state index contributed by atoms with van der Waals surface area (Å²) < 4.78 is 19.9. The maximum Gasteiger partial charge on any atom is 0.314 e. The number of hydrogen-bond acceptors (Lipinski definition) is 7. The van der Waals surface area contributed by atoms with E-state index in [1.807, 2.05) is 0 Å². The Morgan fingerprint density at radius 2 is 2.04 bits per heavy atom. The highest BCUT2D eigenvalue weighted by Crippen LogP contribution is 2.39. The van der Waals surface area contributed by atoms with Gasteiger partial charge in [0, 0.05) is 0 Å². The van der Waals surface area contributed by atoms with E-state index in [1.165, 1.54) is 0 Å². The molecule has 3 heterocycles. The topological polar surface area (TPSA) is 174 Å². The molecule has 24 heavy (non-hydrogen) atoms. The van der Waals surface area contributed by atoms with Gasteiger partial charge < -0.3 is 34.7 Å². The monoisotopic (exact) mass is 384 g/mol. The minimum atomic E-state index is -4.25. The van der Waals surface area contributed by atoms with Crippen molar-refractivity contribution in [3.63, 3.8) is 0 Å². The highest BCUT2D eigenvalue weighted by atomic mass is 32.5. The summed E-state index contributed by atoms with van der Waals surface area (Å²) in [6.07, 6.45) is -3.71. The molecule has 6 N–H and O–H groups in total. The molecule has 0 spiro atoms. The summed E-state index contributed by atoms with van der Waals surface area (Å²) in [6, 6.07) is 0. The molecule has 0 radical (unpaired) electrons. The van der Waals surface area contributed by atoms with Crippen LogP contribution in [0, 0.1) is 6.08 Å². The first-order valence-corrected chi connectivity index (χ1v) is 9.86. The van der Waals surface area contributed by atoms with Gasteiger partial charge in [0.25, 0.3) is 6.72 Å². The molecule has 0 amide bonds. The lowest BCUT2D eigenvalue weighted by Gasteiger charge is -2.18. The van der Waals surface area contributed by atoms with Gasteiger partial charge >= 0.3 is 6.08 Å². The lowest BCUT2D eigenvalue weighted by atomic mass is 10.2. The average Bonchev–Trinajstić information content (AvgIpc) is 3.00. The Morgan fingerprint density at radius 1 is 1.33 bits per heavy atom. The summed E-state index contributed by atoms with van der Waals surface area (Å²) in [7, 11) is -0.301. The molecule has 3 rings (SSSR count). The second-order valence-corrected chi connectivity index (χ2v) is 9.22. The molecule has 0 aliphatic carbocycles. The first-order chi connectivity index (χ1) is 11.2. The minimum Gasteiger partial charge on any atom is -0.492 e. The first kappa shape index (κ1) is 17.6. The summed E-state index contributed by atoms with van der Waals surface area (Å²) >= 11 is 0. The van der Waals surface area contributed by atoms with Crippen LogP contribution in [0.3, 0.4) is 0 Å². The van der Waals surface area contributed by atoms with Crippen LogP contribution in [0.15, 0.2) is 6.33 Å². The normalized spacial score (nSPS) is 27.9. The molecule has 0 bridgehead atoms. The second-order valence-electron chi connectivity index (χ2n) is 5.02. The molecule has 14 heteroatoms. The predicted octanol–water partition coefficient (Wildman–Crippen LogP) is -2.24. The summed E-state index contributed by atoms with van der Waals surface area (Å²) in [4.78, 5) is 38.1.